The van der Waals surface area contributed by atoms with Gasteiger partial charge in [-0.3, -0.25) is 5.10 Å². The average molecular weight is 222 g/mol. The SMILES string of the molecule is CCNC(c1ncn[nH]1)c1ccsc1C. The maximum absolute atomic E-state index is 4.21. The Bertz CT molecular complexity index is 407. The molecule has 0 saturated carbocycles. The number of aromatic amines is 1. The first kappa shape index (κ1) is 10.3. The molecule has 2 rings (SSSR count). The lowest BCUT2D eigenvalue weighted by molar-refractivity contribution is 0.599. The molecule has 0 saturated heterocycles. The molecule has 0 bridgehead atoms. The van der Waals surface area contributed by atoms with E-state index in [4.69, 9.17) is 0 Å². The number of aromatic nitrogens is 3. The summed E-state index contributed by atoms with van der Waals surface area (Å²) in [5.41, 5.74) is 1.28. The van der Waals surface area contributed by atoms with Gasteiger partial charge in [-0.15, -0.1) is 11.3 Å². The van der Waals surface area contributed by atoms with Crippen molar-refractivity contribution in [1.82, 2.24) is 20.5 Å². The highest BCUT2D eigenvalue weighted by Crippen LogP contribution is 2.25. The Hall–Kier alpha value is -1.20. The van der Waals surface area contributed by atoms with E-state index in [0.717, 1.165) is 12.4 Å². The molecule has 4 nitrogen and oxygen atoms in total. The minimum absolute atomic E-state index is 0.128. The first-order valence-electron chi connectivity index (χ1n) is 4.95. The van der Waals surface area contributed by atoms with E-state index in [1.807, 2.05) is 0 Å². The van der Waals surface area contributed by atoms with Gasteiger partial charge in [-0.05, 0) is 30.5 Å². The maximum Gasteiger partial charge on any atom is 0.146 e. The number of nitrogens with zero attached hydrogens (tertiary/aromatic N) is 2. The molecule has 2 aromatic heterocycles. The molecule has 1 unspecified atom stereocenters. The number of hydrogen-bond donors (Lipinski definition) is 2. The van der Waals surface area contributed by atoms with Crippen LogP contribution >= 0.6 is 11.3 Å². The number of hydrogen-bond acceptors (Lipinski definition) is 4. The van der Waals surface area contributed by atoms with Crippen LogP contribution in [0.2, 0.25) is 0 Å². The van der Waals surface area contributed by atoms with Crippen LogP contribution in [0.3, 0.4) is 0 Å². The van der Waals surface area contributed by atoms with Crippen LogP contribution in [0.4, 0.5) is 0 Å². The summed E-state index contributed by atoms with van der Waals surface area (Å²) in [6.07, 6.45) is 1.54. The number of aryl methyl sites for hydroxylation is 1. The minimum Gasteiger partial charge on any atom is -0.304 e. The van der Waals surface area contributed by atoms with Crippen LogP contribution in [-0.2, 0) is 0 Å². The van der Waals surface area contributed by atoms with Gasteiger partial charge in [-0.2, -0.15) is 5.10 Å². The van der Waals surface area contributed by atoms with E-state index in [-0.39, 0.29) is 6.04 Å². The molecule has 0 spiro atoms. The fraction of sp³-hybridized carbons (Fsp3) is 0.400. The summed E-state index contributed by atoms with van der Waals surface area (Å²) in [6.45, 7) is 5.12. The fourth-order valence-electron chi connectivity index (χ4n) is 1.61. The van der Waals surface area contributed by atoms with Crippen LogP contribution in [0.15, 0.2) is 17.8 Å². The van der Waals surface area contributed by atoms with Crippen LogP contribution in [0.25, 0.3) is 0 Å². The van der Waals surface area contributed by atoms with Gasteiger partial charge in [0.2, 0.25) is 0 Å². The molecular formula is C10H14N4S. The Balaban J connectivity index is 2.32. The lowest BCUT2D eigenvalue weighted by Crippen LogP contribution is -2.23. The van der Waals surface area contributed by atoms with E-state index < -0.39 is 0 Å². The van der Waals surface area contributed by atoms with Gasteiger partial charge in [0.15, 0.2) is 0 Å². The zero-order valence-electron chi connectivity index (χ0n) is 8.82. The van der Waals surface area contributed by atoms with E-state index in [0.29, 0.717) is 0 Å². The van der Waals surface area contributed by atoms with Crippen molar-refractivity contribution >= 4 is 11.3 Å². The zero-order chi connectivity index (χ0) is 10.7. The second-order valence-corrected chi connectivity index (χ2v) is 4.41. The highest BCUT2D eigenvalue weighted by Gasteiger charge is 2.18. The third-order valence-electron chi connectivity index (χ3n) is 2.33. The average Bonchev–Trinajstić information content (AvgIpc) is 2.85. The summed E-state index contributed by atoms with van der Waals surface area (Å²) >= 11 is 1.75. The molecule has 80 valence electrons. The van der Waals surface area contributed by atoms with Gasteiger partial charge in [0, 0.05) is 4.88 Å². The zero-order valence-corrected chi connectivity index (χ0v) is 9.64. The molecule has 1 atom stereocenters. The Morgan fingerprint density at radius 1 is 1.60 bits per heavy atom. The Morgan fingerprint density at radius 2 is 2.47 bits per heavy atom. The largest absolute Gasteiger partial charge is 0.304 e. The fourth-order valence-corrected chi connectivity index (χ4v) is 2.35. The van der Waals surface area contributed by atoms with Gasteiger partial charge in [0.25, 0.3) is 0 Å². The van der Waals surface area contributed by atoms with Crippen molar-refractivity contribution in [3.8, 4) is 0 Å². The van der Waals surface area contributed by atoms with Crippen molar-refractivity contribution in [1.29, 1.82) is 0 Å². The molecule has 5 heteroatoms. The quantitative estimate of drug-likeness (QED) is 0.830. The summed E-state index contributed by atoms with van der Waals surface area (Å²) in [5, 5.41) is 12.3. The van der Waals surface area contributed by atoms with Gasteiger partial charge in [-0.25, -0.2) is 4.98 Å². The normalized spacial score (nSPS) is 12.9. The van der Waals surface area contributed by atoms with Gasteiger partial charge < -0.3 is 5.32 Å². The Labute approximate surface area is 92.8 Å². The molecule has 2 N–H and O–H groups in total. The van der Waals surface area contributed by atoms with E-state index >= 15 is 0 Å². The smallest absolute Gasteiger partial charge is 0.146 e. The Kier molecular flexibility index (Phi) is 3.13. The van der Waals surface area contributed by atoms with Crippen molar-refractivity contribution in [3.63, 3.8) is 0 Å². The van der Waals surface area contributed by atoms with Crippen molar-refractivity contribution in [2.24, 2.45) is 0 Å². The second-order valence-electron chi connectivity index (χ2n) is 3.29. The predicted molar refractivity (Wildman–Crippen MR) is 61.0 cm³/mol. The molecular weight excluding hydrogens is 208 g/mol. The molecule has 0 aliphatic carbocycles. The van der Waals surface area contributed by atoms with Gasteiger partial charge >= 0.3 is 0 Å². The van der Waals surface area contributed by atoms with E-state index in [1.165, 1.54) is 10.4 Å². The Morgan fingerprint density at radius 3 is 3.00 bits per heavy atom. The second kappa shape index (κ2) is 4.55. The number of thiophene rings is 1. The van der Waals surface area contributed by atoms with Crippen molar-refractivity contribution in [2.45, 2.75) is 19.9 Å². The molecule has 2 aromatic rings. The molecule has 0 amide bonds. The molecule has 15 heavy (non-hydrogen) atoms. The monoisotopic (exact) mass is 222 g/mol. The van der Waals surface area contributed by atoms with Crippen LogP contribution < -0.4 is 5.32 Å². The summed E-state index contributed by atoms with van der Waals surface area (Å²) in [6, 6.07) is 2.26. The molecule has 0 aliphatic rings. The number of rotatable bonds is 4. The highest BCUT2D eigenvalue weighted by atomic mass is 32.1. The maximum atomic E-state index is 4.21. The summed E-state index contributed by atoms with van der Waals surface area (Å²) in [7, 11) is 0. The molecule has 0 radical (unpaired) electrons. The third-order valence-corrected chi connectivity index (χ3v) is 3.19. The lowest BCUT2D eigenvalue weighted by Gasteiger charge is -2.14. The standard InChI is InChI=1S/C10H14N4S/c1-3-11-9(10-12-6-13-14-10)8-4-5-15-7(8)2/h4-6,9,11H,3H2,1-2H3,(H,12,13,14). The molecule has 2 heterocycles. The number of H-pyrrole nitrogens is 1. The van der Waals surface area contributed by atoms with Crippen molar-refractivity contribution in [2.75, 3.05) is 6.54 Å². The van der Waals surface area contributed by atoms with Crippen LogP contribution in [0.5, 0.6) is 0 Å². The molecule has 0 fully saturated rings. The van der Waals surface area contributed by atoms with E-state index in [9.17, 15) is 0 Å². The van der Waals surface area contributed by atoms with Crippen molar-refractivity contribution < 1.29 is 0 Å². The van der Waals surface area contributed by atoms with Crippen LogP contribution in [0.1, 0.15) is 29.2 Å². The van der Waals surface area contributed by atoms with Crippen LogP contribution in [0, 0.1) is 6.92 Å². The van der Waals surface area contributed by atoms with E-state index in [1.54, 1.807) is 17.7 Å². The minimum atomic E-state index is 0.128. The predicted octanol–water partition coefficient (Wildman–Crippen LogP) is 1.87. The summed E-state index contributed by atoms with van der Waals surface area (Å²) < 4.78 is 0. The van der Waals surface area contributed by atoms with Crippen molar-refractivity contribution in [3.05, 3.63) is 34.0 Å². The summed E-state index contributed by atoms with van der Waals surface area (Å²) in [4.78, 5) is 5.52. The van der Waals surface area contributed by atoms with Gasteiger partial charge in [0.05, 0.1) is 6.04 Å². The third kappa shape index (κ3) is 2.08. The summed E-state index contributed by atoms with van der Waals surface area (Å²) in [5.74, 6) is 0.873. The van der Waals surface area contributed by atoms with E-state index in [2.05, 4.69) is 45.8 Å². The van der Waals surface area contributed by atoms with Gasteiger partial charge in [-0.1, -0.05) is 6.92 Å². The molecule has 0 aromatic carbocycles. The van der Waals surface area contributed by atoms with Gasteiger partial charge in [0.1, 0.15) is 12.2 Å². The molecule has 0 aliphatic heterocycles. The first-order valence-corrected chi connectivity index (χ1v) is 5.83. The lowest BCUT2D eigenvalue weighted by atomic mass is 10.1. The number of nitrogens with one attached hydrogen (secondary N) is 2. The topological polar surface area (TPSA) is 53.6 Å². The highest BCUT2D eigenvalue weighted by molar-refractivity contribution is 7.10. The van der Waals surface area contributed by atoms with Crippen LogP contribution in [-0.4, -0.2) is 21.7 Å². The first-order chi connectivity index (χ1) is 7.33.